The molecule has 1 unspecified atom stereocenters. The lowest BCUT2D eigenvalue weighted by atomic mass is 9.95. The Labute approximate surface area is 170 Å². The first-order chi connectivity index (χ1) is 13.6. The molecule has 1 saturated heterocycles. The van der Waals surface area contributed by atoms with Crippen LogP contribution in [0.15, 0.2) is 47.8 Å². The van der Waals surface area contributed by atoms with E-state index in [0.717, 1.165) is 29.7 Å². The van der Waals surface area contributed by atoms with Crippen molar-refractivity contribution in [2.45, 2.75) is 32.3 Å². The third-order valence-electron chi connectivity index (χ3n) is 5.14. The molecule has 5 nitrogen and oxygen atoms in total. The first kappa shape index (κ1) is 20.6. The number of carbonyl (C=O) groups excluding carboxylic acids is 2. The van der Waals surface area contributed by atoms with Crippen molar-refractivity contribution in [1.82, 2.24) is 10.2 Å². The van der Waals surface area contributed by atoms with Gasteiger partial charge in [-0.3, -0.25) is 9.59 Å². The summed E-state index contributed by atoms with van der Waals surface area (Å²) in [4.78, 5) is 27.4. The van der Waals surface area contributed by atoms with E-state index in [9.17, 15) is 9.59 Å². The second kappa shape index (κ2) is 10.4. The standard InChI is InChI=1S/C22H28N2O3S/c1-17(18-7-3-2-4-8-18)27-15-6-12-23-21(25)19-10-13-24(14-11-19)22(26)20-9-5-16-28-20/h2-5,7-9,16-17,19H,6,10-15H2,1H3,(H,23,25). The van der Waals surface area contributed by atoms with Gasteiger partial charge in [-0.2, -0.15) is 0 Å². The number of amides is 2. The van der Waals surface area contributed by atoms with Gasteiger partial charge in [0.15, 0.2) is 0 Å². The number of hydrogen-bond donors (Lipinski definition) is 1. The van der Waals surface area contributed by atoms with E-state index in [-0.39, 0.29) is 23.8 Å². The molecule has 6 heteroatoms. The molecule has 1 aromatic carbocycles. The summed E-state index contributed by atoms with van der Waals surface area (Å²) in [6.07, 6.45) is 2.30. The summed E-state index contributed by atoms with van der Waals surface area (Å²) in [5, 5.41) is 4.93. The van der Waals surface area contributed by atoms with E-state index in [2.05, 4.69) is 17.4 Å². The minimum Gasteiger partial charge on any atom is -0.374 e. The van der Waals surface area contributed by atoms with Crippen molar-refractivity contribution < 1.29 is 14.3 Å². The van der Waals surface area contributed by atoms with Crippen molar-refractivity contribution >= 4 is 23.2 Å². The maximum atomic E-state index is 12.4. The van der Waals surface area contributed by atoms with Gasteiger partial charge < -0.3 is 15.0 Å². The molecule has 28 heavy (non-hydrogen) atoms. The highest BCUT2D eigenvalue weighted by atomic mass is 32.1. The van der Waals surface area contributed by atoms with E-state index in [0.29, 0.717) is 26.2 Å². The van der Waals surface area contributed by atoms with Gasteiger partial charge in [-0.25, -0.2) is 0 Å². The normalized spacial score (nSPS) is 16.0. The molecule has 1 aromatic heterocycles. The minimum absolute atomic E-state index is 0.00320. The molecule has 0 bridgehead atoms. The van der Waals surface area contributed by atoms with Crippen molar-refractivity contribution in [3.8, 4) is 0 Å². The van der Waals surface area contributed by atoms with Gasteiger partial charge in [-0.1, -0.05) is 36.4 Å². The van der Waals surface area contributed by atoms with Crippen LogP contribution in [0.1, 0.15) is 47.5 Å². The van der Waals surface area contributed by atoms with E-state index in [1.165, 1.54) is 11.3 Å². The molecule has 2 heterocycles. The van der Waals surface area contributed by atoms with Gasteiger partial charge in [-0.05, 0) is 43.2 Å². The van der Waals surface area contributed by atoms with Gasteiger partial charge in [0.1, 0.15) is 0 Å². The lowest BCUT2D eigenvalue weighted by Gasteiger charge is -2.31. The molecule has 150 valence electrons. The van der Waals surface area contributed by atoms with Crippen LogP contribution in [0, 0.1) is 5.92 Å². The fraction of sp³-hybridized carbons (Fsp3) is 0.455. The summed E-state index contributed by atoms with van der Waals surface area (Å²) in [5.41, 5.74) is 1.16. The fourth-order valence-electron chi connectivity index (χ4n) is 3.41. The quantitative estimate of drug-likeness (QED) is 0.684. The number of carbonyl (C=O) groups is 2. The lowest BCUT2D eigenvalue weighted by Crippen LogP contribution is -2.43. The number of hydrogen-bond acceptors (Lipinski definition) is 4. The van der Waals surface area contributed by atoms with Crippen LogP contribution in [-0.4, -0.2) is 43.0 Å². The zero-order valence-corrected chi connectivity index (χ0v) is 17.1. The molecule has 0 aliphatic carbocycles. The summed E-state index contributed by atoms with van der Waals surface area (Å²) in [7, 11) is 0. The summed E-state index contributed by atoms with van der Waals surface area (Å²) >= 11 is 1.47. The van der Waals surface area contributed by atoms with Crippen molar-refractivity contribution in [1.29, 1.82) is 0 Å². The first-order valence-electron chi connectivity index (χ1n) is 9.92. The SMILES string of the molecule is CC(OCCCNC(=O)C1CCN(C(=O)c2cccs2)CC1)c1ccccc1. The Morgan fingerprint density at radius 1 is 1.18 bits per heavy atom. The van der Waals surface area contributed by atoms with Crippen LogP contribution >= 0.6 is 11.3 Å². The largest absolute Gasteiger partial charge is 0.374 e. The van der Waals surface area contributed by atoms with Crippen LogP contribution in [-0.2, 0) is 9.53 Å². The van der Waals surface area contributed by atoms with E-state index in [1.807, 2.05) is 47.5 Å². The van der Waals surface area contributed by atoms with Crippen molar-refractivity contribution in [3.05, 3.63) is 58.3 Å². The highest BCUT2D eigenvalue weighted by molar-refractivity contribution is 7.12. The fourth-order valence-corrected chi connectivity index (χ4v) is 4.10. The number of rotatable bonds is 8. The highest BCUT2D eigenvalue weighted by Crippen LogP contribution is 2.21. The topological polar surface area (TPSA) is 58.6 Å². The van der Waals surface area contributed by atoms with E-state index < -0.39 is 0 Å². The maximum Gasteiger partial charge on any atom is 0.263 e. The molecule has 0 saturated carbocycles. The average Bonchev–Trinajstić information content (AvgIpc) is 3.28. The Kier molecular flexibility index (Phi) is 7.62. The third kappa shape index (κ3) is 5.66. The molecule has 1 fully saturated rings. The van der Waals surface area contributed by atoms with Gasteiger partial charge in [0, 0.05) is 32.2 Å². The molecule has 0 spiro atoms. The van der Waals surface area contributed by atoms with Crippen LogP contribution in [0.4, 0.5) is 0 Å². The predicted octanol–water partition coefficient (Wildman–Crippen LogP) is 3.88. The van der Waals surface area contributed by atoms with Crippen LogP contribution in [0.3, 0.4) is 0 Å². The Morgan fingerprint density at radius 3 is 2.61 bits per heavy atom. The molecule has 2 aromatic rings. The summed E-state index contributed by atoms with van der Waals surface area (Å²) < 4.78 is 5.84. The molecular weight excluding hydrogens is 372 g/mol. The van der Waals surface area contributed by atoms with Gasteiger partial charge in [0.05, 0.1) is 11.0 Å². The maximum absolute atomic E-state index is 12.4. The van der Waals surface area contributed by atoms with Crippen LogP contribution in [0.5, 0.6) is 0 Å². The lowest BCUT2D eigenvalue weighted by molar-refractivity contribution is -0.126. The van der Waals surface area contributed by atoms with Gasteiger partial charge in [0.25, 0.3) is 5.91 Å². The zero-order chi connectivity index (χ0) is 19.8. The van der Waals surface area contributed by atoms with Gasteiger partial charge in [-0.15, -0.1) is 11.3 Å². The average molecular weight is 401 g/mol. The summed E-state index contributed by atoms with van der Waals surface area (Å²) in [6, 6.07) is 13.9. The molecular formula is C22H28N2O3S. The number of benzene rings is 1. The van der Waals surface area contributed by atoms with Gasteiger partial charge in [0.2, 0.25) is 5.91 Å². The Balaban J connectivity index is 1.30. The molecule has 1 atom stereocenters. The molecule has 2 amide bonds. The monoisotopic (exact) mass is 400 g/mol. The van der Waals surface area contributed by atoms with Crippen molar-refractivity contribution in [2.24, 2.45) is 5.92 Å². The van der Waals surface area contributed by atoms with E-state index in [1.54, 1.807) is 0 Å². The second-order valence-corrected chi connectivity index (χ2v) is 8.06. The molecule has 3 rings (SSSR count). The van der Waals surface area contributed by atoms with Crippen molar-refractivity contribution in [2.75, 3.05) is 26.2 Å². The smallest absolute Gasteiger partial charge is 0.263 e. The first-order valence-corrected chi connectivity index (χ1v) is 10.8. The van der Waals surface area contributed by atoms with Crippen LogP contribution in [0.25, 0.3) is 0 Å². The number of piperidine rings is 1. The van der Waals surface area contributed by atoms with E-state index >= 15 is 0 Å². The molecule has 0 radical (unpaired) electrons. The third-order valence-corrected chi connectivity index (χ3v) is 6.00. The minimum atomic E-state index is -0.00320. The number of nitrogens with one attached hydrogen (secondary N) is 1. The number of ether oxygens (including phenoxy) is 1. The number of likely N-dealkylation sites (tertiary alicyclic amines) is 1. The number of nitrogens with zero attached hydrogens (tertiary/aromatic N) is 1. The Morgan fingerprint density at radius 2 is 1.93 bits per heavy atom. The number of thiophene rings is 1. The zero-order valence-electron chi connectivity index (χ0n) is 16.3. The van der Waals surface area contributed by atoms with Crippen LogP contribution < -0.4 is 5.32 Å². The van der Waals surface area contributed by atoms with Crippen molar-refractivity contribution in [3.63, 3.8) is 0 Å². The Hall–Kier alpha value is -2.18. The highest BCUT2D eigenvalue weighted by Gasteiger charge is 2.27. The predicted molar refractivity (Wildman–Crippen MR) is 111 cm³/mol. The molecule has 1 aliphatic heterocycles. The summed E-state index contributed by atoms with van der Waals surface area (Å²) in [5.74, 6) is 0.175. The Bertz CT molecular complexity index is 740. The molecule has 1 N–H and O–H groups in total. The second-order valence-electron chi connectivity index (χ2n) is 7.11. The van der Waals surface area contributed by atoms with Gasteiger partial charge >= 0.3 is 0 Å². The van der Waals surface area contributed by atoms with Crippen LogP contribution in [0.2, 0.25) is 0 Å². The molecule has 1 aliphatic rings. The van der Waals surface area contributed by atoms with E-state index in [4.69, 9.17) is 4.74 Å². The summed E-state index contributed by atoms with van der Waals surface area (Å²) in [6.45, 7) is 4.57.